The SMILES string of the molecule is CC(C)(C)OC(=O)C[C@H](N)C(=O)COc1c(F)c(F)cc(F)c1F. The Morgan fingerprint density at radius 1 is 1.12 bits per heavy atom. The van der Waals surface area contributed by atoms with Gasteiger partial charge in [-0.3, -0.25) is 9.59 Å². The smallest absolute Gasteiger partial charge is 0.308 e. The van der Waals surface area contributed by atoms with Crippen LogP contribution in [0, 0.1) is 23.3 Å². The van der Waals surface area contributed by atoms with Crippen molar-refractivity contribution in [3.8, 4) is 5.75 Å². The van der Waals surface area contributed by atoms with E-state index in [2.05, 4.69) is 4.74 Å². The minimum atomic E-state index is -1.78. The molecular weight excluding hydrogens is 334 g/mol. The molecule has 0 heterocycles. The van der Waals surface area contributed by atoms with E-state index in [0.717, 1.165) is 0 Å². The molecule has 0 saturated heterocycles. The molecule has 0 aromatic heterocycles. The van der Waals surface area contributed by atoms with Crippen LogP contribution < -0.4 is 10.5 Å². The minimum Gasteiger partial charge on any atom is -0.479 e. The summed E-state index contributed by atoms with van der Waals surface area (Å²) in [6, 6.07) is -1.35. The van der Waals surface area contributed by atoms with E-state index >= 15 is 0 Å². The molecule has 0 aliphatic carbocycles. The largest absolute Gasteiger partial charge is 0.479 e. The van der Waals surface area contributed by atoms with Crippen LogP contribution >= 0.6 is 0 Å². The van der Waals surface area contributed by atoms with Gasteiger partial charge in [0, 0.05) is 6.07 Å². The quantitative estimate of drug-likeness (QED) is 0.483. The van der Waals surface area contributed by atoms with E-state index < -0.39 is 65.4 Å². The third kappa shape index (κ3) is 5.48. The van der Waals surface area contributed by atoms with Crippen LogP contribution in [0.25, 0.3) is 0 Å². The number of hydrogen-bond donors (Lipinski definition) is 1. The first-order valence-electron chi connectivity index (χ1n) is 6.88. The maximum atomic E-state index is 13.4. The molecule has 1 aromatic carbocycles. The molecule has 1 rings (SSSR count). The van der Waals surface area contributed by atoms with Crippen molar-refractivity contribution >= 4 is 11.8 Å². The molecule has 0 aliphatic rings. The topological polar surface area (TPSA) is 78.6 Å². The number of Topliss-reactive ketones (excluding diaryl/α,β-unsaturated/α-hetero) is 1. The van der Waals surface area contributed by atoms with Gasteiger partial charge >= 0.3 is 5.97 Å². The zero-order chi connectivity index (χ0) is 18.7. The van der Waals surface area contributed by atoms with Gasteiger partial charge in [-0.25, -0.2) is 8.78 Å². The Balaban J connectivity index is 2.68. The molecule has 0 spiro atoms. The summed E-state index contributed by atoms with van der Waals surface area (Å²) in [4.78, 5) is 23.3. The number of benzene rings is 1. The molecule has 0 unspecified atom stereocenters. The second kappa shape index (κ2) is 7.61. The lowest BCUT2D eigenvalue weighted by atomic mass is 10.1. The highest BCUT2D eigenvalue weighted by atomic mass is 19.2. The normalized spacial score (nSPS) is 12.7. The summed E-state index contributed by atoms with van der Waals surface area (Å²) >= 11 is 0. The van der Waals surface area contributed by atoms with Gasteiger partial charge in [-0.1, -0.05) is 0 Å². The average Bonchev–Trinajstić information content (AvgIpc) is 2.42. The van der Waals surface area contributed by atoms with Crippen molar-refractivity contribution in [3.05, 3.63) is 29.3 Å². The second-order valence-electron chi connectivity index (χ2n) is 5.95. The Labute approximate surface area is 135 Å². The van der Waals surface area contributed by atoms with Gasteiger partial charge in [0.15, 0.2) is 23.2 Å². The van der Waals surface area contributed by atoms with Crippen LogP contribution in [0.15, 0.2) is 6.07 Å². The molecule has 9 heteroatoms. The van der Waals surface area contributed by atoms with Crippen LogP contribution in [-0.4, -0.2) is 30.0 Å². The predicted octanol–water partition coefficient (Wildman–Crippen LogP) is 2.25. The average molecular weight is 351 g/mol. The Morgan fingerprint density at radius 2 is 1.62 bits per heavy atom. The fourth-order valence-corrected chi connectivity index (χ4v) is 1.60. The summed E-state index contributed by atoms with van der Waals surface area (Å²) in [5.41, 5.74) is 4.69. The Morgan fingerprint density at radius 3 is 2.08 bits per heavy atom. The van der Waals surface area contributed by atoms with Gasteiger partial charge in [-0.2, -0.15) is 8.78 Å². The predicted molar refractivity (Wildman–Crippen MR) is 75.2 cm³/mol. The Hall–Kier alpha value is -2.16. The van der Waals surface area contributed by atoms with Crippen LogP contribution in [0.5, 0.6) is 5.75 Å². The molecule has 0 saturated carbocycles. The van der Waals surface area contributed by atoms with Gasteiger partial charge in [0.2, 0.25) is 11.6 Å². The number of rotatable bonds is 6. The van der Waals surface area contributed by atoms with E-state index in [0.29, 0.717) is 0 Å². The standard InChI is InChI=1S/C15H17F4NO4/c1-15(2,3)24-11(22)5-9(20)10(21)6-23-14-12(18)7(16)4-8(17)13(14)19/h4,9H,5-6,20H2,1-3H3/t9-/m0/s1. The van der Waals surface area contributed by atoms with Crippen LogP contribution in [0.3, 0.4) is 0 Å². The number of ether oxygens (including phenoxy) is 2. The van der Waals surface area contributed by atoms with Gasteiger partial charge in [-0.15, -0.1) is 0 Å². The van der Waals surface area contributed by atoms with E-state index in [9.17, 15) is 27.2 Å². The highest BCUT2D eigenvalue weighted by molar-refractivity contribution is 5.89. The third-order valence-electron chi connectivity index (χ3n) is 2.65. The highest BCUT2D eigenvalue weighted by Crippen LogP contribution is 2.26. The van der Waals surface area contributed by atoms with Crippen molar-refractivity contribution < 1.29 is 36.6 Å². The van der Waals surface area contributed by atoms with Crippen molar-refractivity contribution in [2.45, 2.75) is 38.8 Å². The van der Waals surface area contributed by atoms with Crippen molar-refractivity contribution in [1.29, 1.82) is 0 Å². The van der Waals surface area contributed by atoms with E-state index in [-0.39, 0.29) is 6.07 Å². The first-order valence-corrected chi connectivity index (χ1v) is 6.88. The molecule has 0 radical (unpaired) electrons. The molecule has 1 aromatic rings. The number of carbonyl (C=O) groups excluding carboxylic acids is 2. The van der Waals surface area contributed by atoms with E-state index in [1.807, 2.05) is 0 Å². The zero-order valence-corrected chi connectivity index (χ0v) is 13.3. The van der Waals surface area contributed by atoms with Crippen LogP contribution in [0.2, 0.25) is 0 Å². The first kappa shape index (κ1) is 19.9. The third-order valence-corrected chi connectivity index (χ3v) is 2.65. The summed E-state index contributed by atoms with van der Waals surface area (Å²) in [5.74, 6) is -9.92. The number of carbonyl (C=O) groups is 2. The van der Waals surface area contributed by atoms with Gasteiger partial charge in [0.25, 0.3) is 0 Å². The molecule has 0 aliphatic heterocycles. The summed E-state index contributed by atoms with van der Waals surface area (Å²) in [5, 5.41) is 0. The second-order valence-corrected chi connectivity index (χ2v) is 5.95. The number of nitrogens with two attached hydrogens (primary N) is 1. The molecule has 5 nitrogen and oxygen atoms in total. The Bertz CT molecular complexity index is 617. The van der Waals surface area contributed by atoms with E-state index in [1.54, 1.807) is 20.8 Å². The number of hydrogen-bond acceptors (Lipinski definition) is 5. The molecule has 0 amide bonds. The summed E-state index contributed by atoms with van der Waals surface area (Å²) < 4.78 is 62.2. The maximum absolute atomic E-state index is 13.4. The fourth-order valence-electron chi connectivity index (χ4n) is 1.60. The monoisotopic (exact) mass is 351 g/mol. The highest BCUT2D eigenvalue weighted by Gasteiger charge is 2.25. The summed E-state index contributed by atoms with van der Waals surface area (Å²) in [6.07, 6.45) is -0.484. The van der Waals surface area contributed by atoms with E-state index in [1.165, 1.54) is 0 Å². The van der Waals surface area contributed by atoms with Crippen molar-refractivity contribution in [3.63, 3.8) is 0 Å². The molecule has 1 atom stereocenters. The van der Waals surface area contributed by atoms with Gasteiger partial charge in [-0.05, 0) is 20.8 Å². The lowest BCUT2D eigenvalue weighted by Gasteiger charge is -2.20. The van der Waals surface area contributed by atoms with Crippen LogP contribution in [0.1, 0.15) is 27.2 Å². The van der Waals surface area contributed by atoms with Gasteiger partial charge in [0.1, 0.15) is 12.2 Å². The van der Waals surface area contributed by atoms with Crippen molar-refractivity contribution in [2.24, 2.45) is 5.73 Å². The van der Waals surface area contributed by atoms with Crippen molar-refractivity contribution in [1.82, 2.24) is 0 Å². The maximum Gasteiger partial charge on any atom is 0.308 e. The van der Waals surface area contributed by atoms with Crippen molar-refractivity contribution in [2.75, 3.05) is 6.61 Å². The molecule has 0 bridgehead atoms. The van der Waals surface area contributed by atoms with E-state index in [4.69, 9.17) is 10.5 Å². The van der Waals surface area contributed by atoms with Gasteiger partial charge < -0.3 is 15.2 Å². The minimum absolute atomic E-state index is 0.00753. The number of halogens is 4. The number of esters is 1. The molecular formula is C15H17F4NO4. The Kier molecular flexibility index (Phi) is 6.30. The summed E-state index contributed by atoms with van der Waals surface area (Å²) in [7, 11) is 0. The zero-order valence-electron chi connectivity index (χ0n) is 13.3. The molecule has 24 heavy (non-hydrogen) atoms. The summed E-state index contributed by atoms with van der Waals surface area (Å²) in [6.45, 7) is 3.88. The van der Waals surface area contributed by atoms with Gasteiger partial charge in [0.05, 0.1) is 12.5 Å². The fraction of sp³-hybridized carbons (Fsp3) is 0.467. The van der Waals surface area contributed by atoms with Crippen LogP contribution in [-0.2, 0) is 14.3 Å². The van der Waals surface area contributed by atoms with Crippen LogP contribution in [0.4, 0.5) is 17.6 Å². The molecule has 134 valence electrons. The molecule has 0 fully saturated rings. The number of ketones is 1. The molecule has 2 N–H and O–H groups in total. The lowest BCUT2D eigenvalue weighted by Crippen LogP contribution is -2.38. The first-order chi connectivity index (χ1) is 10.9. The lowest BCUT2D eigenvalue weighted by molar-refractivity contribution is -0.156.